The van der Waals surface area contributed by atoms with E-state index < -0.39 is 23.5 Å². The van der Waals surface area contributed by atoms with Crippen LogP contribution in [0.5, 0.6) is 0 Å². The van der Waals surface area contributed by atoms with Gasteiger partial charge in [-0.05, 0) is 38.0 Å². The summed E-state index contributed by atoms with van der Waals surface area (Å²) in [5.41, 5.74) is 2.09. The Morgan fingerprint density at radius 1 is 1.19 bits per heavy atom. The molecule has 9 heteroatoms. The Morgan fingerprint density at radius 3 is 2.50 bits per heavy atom. The maximum atomic E-state index is 13.6. The lowest BCUT2D eigenvalue weighted by molar-refractivity contribution is -0.140. The lowest BCUT2D eigenvalue weighted by Crippen LogP contribution is -2.38. The molecule has 0 bridgehead atoms. The molecule has 2 aliphatic rings. The fourth-order valence-electron chi connectivity index (χ4n) is 4.43. The number of aliphatic hydroxyl groups excluding tert-OH is 1. The smallest absolute Gasteiger partial charge is 0.295 e. The second-order valence-corrected chi connectivity index (χ2v) is 8.16. The van der Waals surface area contributed by atoms with Gasteiger partial charge < -0.3 is 14.7 Å². The molecule has 2 N–H and O–H groups in total. The number of hydrogen-bond acceptors (Lipinski definition) is 6. The number of carbonyl (C=O) groups excluding carboxylic acids is 2. The van der Waals surface area contributed by atoms with Crippen molar-refractivity contribution in [2.75, 3.05) is 39.4 Å². The summed E-state index contributed by atoms with van der Waals surface area (Å²) in [7, 11) is 0. The van der Waals surface area contributed by atoms with Crippen LogP contribution in [0.2, 0.25) is 0 Å². The van der Waals surface area contributed by atoms with Gasteiger partial charge in [-0.15, -0.1) is 0 Å². The number of ketones is 1. The van der Waals surface area contributed by atoms with Crippen molar-refractivity contribution in [3.63, 3.8) is 0 Å². The maximum absolute atomic E-state index is 13.6. The molecule has 8 nitrogen and oxygen atoms in total. The number of amides is 1. The highest BCUT2D eigenvalue weighted by Gasteiger charge is 2.46. The minimum Gasteiger partial charge on any atom is -0.507 e. The summed E-state index contributed by atoms with van der Waals surface area (Å²) in [5, 5.41) is 18.0. The van der Waals surface area contributed by atoms with Gasteiger partial charge in [0.05, 0.1) is 36.1 Å². The number of likely N-dealkylation sites (tertiary alicyclic amines) is 1. The second-order valence-electron chi connectivity index (χ2n) is 8.16. The lowest BCUT2D eigenvalue weighted by Gasteiger charge is -2.29. The molecule has 1 aromatic heterocycles. The first-order valence-corrected chi connectivity index (χ1v) is 10.7. The molecule has 3 heterocycles. The Hall–Kier alpha value is -3.04. The van der Waals surface area contributed by atoms with Crippen LogP contribution in [0.4, 0.5) is 4.39 Å². The van der Waals surface area contributed by atoms with Crippen molar-refractivity contribution in [3.8, 4) is 0 Å². The minimum absolute atomic E-state index is 0.000538. The molecule has 1 unspecified atom stereocenters. The minimum atomic E-state index is -0.797. The molecule has 0 radical (unpaired) electrons. The average molecular weight is 442 g/mol. The van der Waals surface area contributed by atoms with Crippen LogP contribution in [0.3, 0.4) is 0 Å². The van der Waals surface area contributed by atoms with Crippen molar-refractivity contribution in [2.24, 2.45) is 0 Å². The second kappa shape index (κ2) is 9.22. The molecule has 170 valence electrons. The van der Waals surface area contributed by atoms with Gasteiger partial charge >= 0.3 is 0 Å². The van der Waals surface area contributed by atoms with Gasteiger partial charge in [0.25, 0.3) is 11.7 Å². The third-order valence-electron chi connectivity index (χ3n) is 6.07. The number of nitrogens with zero attached hydrogens (tertiary/aromatic N) is 3. The van der Waals surface area contributed by atoms with E-state index in [0.29, 0.717) is 48.7 Å². The molecule has 2 aliphatic heterocycles. The highest BCUT2D eigenvalue weighted by Crippen LogP contribution is 2.40. The number of carbonyl (C=O) groups is 2. The number of aliphatic hydroxyl groups is 1. The third-order valence-corrected chi connectivity index (χ3v) is 6.07. The Balaban J connectivity index is 1.69. The normalized spacial score (nSPS) is 21.5. The number of benzene rings is 1. The van der Waals surface area contributed by atoms with Crippen LogP contribution >= 0.6 is 0 Å². The van der Waals surface area contributed by atoms with Gasteiger partial charge in [0, 0.05) is 31.9 Å². The van der Waals surface area contributed by atoms with Gasteiger partial charge in [0.1, 0.15) is 11.6 Å². The number of hydrogen-bond donors (Lipinski definition) is 2. The number of aryl methyl sites for hydroxylation is 2. The van der Waals surface area contributed by atoms with E-state index in [-0.39, 0.29) is 11.3 Å². The van der Waals surface area contributed by atoms with Crippen molar-refractivity contribution in [2.45, 2.75) is 26.3 Å². The number of halogens is 1. The van der Waals surface area contributed by atoms with E-state index in [2.05, 4.69) is 15.1 Å². The number of nitrogens with one attached hydrogen (secondary N) is 1. The Bertz CT molecular complexity index is 1020. The Labute approximate surface area is 185 Å². The van der Waals surface area contributed by atoms with Crippen molar-refractivity contribution in [1.82, 2.24) is 20.0 Å². The van der Waals surface area contributed by atoms with Crippen LogP contribution in [-0.4, -0.2) is 76.2 Å². The standard InChI is InChI=1S/C23H27FN4O4/c1-14-18(15(2)26-25-14)21(29)19-20(16-4-6-17(24)7-5-16)28(23(31)22(19)30)9-3-8-27-10-12-32-13-11-27/h4-7,20,29H,3,8-13H2,1-2H3,(H,25,26). The molecular formula is C23H27FN4O4. The lowest BCUT2D eigenvalue weighted by atomic mass is 9.94. The number of H-pyrrole nitrogens is 1. The number of Topliss-reactive ketones (excluding diaryl/α,β-unsaturated/α-hetero) is 1. The fourth-order valence-corrected chi connectivity index (χ4v) is 4.43. The summed E-state index contributed by atoms with van der Waals surface area (Å²) in [6.07, 6.45) is 0.661. The summed E-state index contributed by atoms with van der Waals surface area (Å²) in [6.45, 7) is 7.59. The first-order chi connectivity index (χ1) is 15.4. The molecule has 0 aliphatic carbocycles. The monoisotopic (exact) mass is 442 g/mol. The zero-order valence-electron chi connectivity index (χ0n) is 18.2. The molecule has 2 fully saturated rings. The molecule has 2 aromatic rings. The van der Waals surface area contributed by atoms with Crippen molar-refractivity contribution in [3.05, 3.63) is 58.2 Å². The van der Waals surface area contributed by atoms with Gasteiger partial charge in [-0.25, -0.2) is 4.39 Å². The topological polar surface area (TPSA) is 98.8 Å². The molecule has 32 heavy (non-hydrogen) atoms. The molecule has 4 rings (SSSR count). The van der Waals surface area contributed by atoms with E-state index >= 15 is 0 Å². The quantitative estimate of drug-likeness (QED) is 0.405. The van der Waals surface area contributed by atoms with E-state index in [0.717, 1.165) is 19.6 Å². The fraction of sp³-hybridized carbons (Fsp3) is 0.435. The zero-order valence-corrected chi connectivity index (χ0v) is 18.2. The Morgan fingerprint density at radius 2 is 1.88 bits per heavy atom. The summed E-state index contributed by atoms with van der Waals surface area (Å²) < 4.78 is 18.9. The molecular weight excluding hydrogens is 415 g/mol. The predicted molar refractivity (Wildman–Crippen MR) is 115 cm³/mol. The molecule has 1 aromatic carbocycles. The zero-order chi connectivity index (χ0) is 22.8. The van der Waals surface area contributed by atoms with Crippen molar-refractivity contribution < 1.29 is 23.8 Å². The number of aromatic nitrogens is 2. The number of ether oxygens (including phenoxy) is 1. The van der Waals surface area contributed by atoms with Crippen LogP contribution in [-0.2, 0) is 14.3 Å². The number of morpholine rings is 1. The number of rotatable bonds is 6. The van der Waals surface area contributed by atoms with Gasteiger partial charge in [-0.1, -0.05) is 12.1 Å². The van der Waals surface area contributed by atoms with Crippen LogP contribution < -0.4 is 0 Å². The van der Waals surface area contributed by atoms with E-state index in [1.54, 1.807) is 26.0 Å². The average Bonchev–Trinajstić information content (AvgIpc) is 3.25. The molecule has 1 amide bonds. The maximum Gasteiger partial charge on any atom is 0.295 e. The molecule has 2 saturated heterocycles. The van der Waals surface area contributed by atoms with E-state index in [1.165, 1.54) is 17.0 Å². The van der Waals surface area contributed by atoms with E-state index in [1.807, 2.05) is 0 Å². The van der Waals surface area contributed by atoms with Crippen LogP contribution in [0.15, 0.2) is 29.8 Å². The summed E-state index contributed by atoms with van der Waals surface area (Å²) in [4.78, 5) is 29.8. The third kappa shape index (κ3) is 4.18. The van der Waals surface area contributed by atoms with Crippen LogP contribution in [0, 0.1) is 19.7 Å². The highest BCUT2D eigenvalue weighted by molar-refractivity contribution is 6.46. The summed E-state index contributed by atoms with van der Waals surface area (Å²) in [6, 6.07) is 4.87. The number of aromatic amines is 1. The first-order valence-electron chi connectivity index (χ1n) is 10.7. The summed E-state index contributed by atoms with van der Waals surface area (Å²) >= 11 is 0. The van der Waals surface area contributed by atoms with Crippen LogP contribution in [0.1, 0.15) is 35.0 Å². The largest absolute Gasteiger partial charge is 0.507 e. The van der Waals surface area contributed by atoms with Gasteiger partial charge in [-0.3, -0.25) is 19.6 Å². The van der Waals surface area contributed by atoms with Gasteiger partial charge in [-0.2, -0.15) is 5.10 Å². The van der Waals surface area contributed by atoms with Crippen molar-refractivity contribution in [1.29, 1.82) is 0 Å². The highest BCUT2D eigenvalue weighted by atomic mass is 19.1. The Kier molecular flexibility index (Phi) is 6.38. The molecule has 0 saturated carbocycles. The van der Waals surface area contributed by atoms with E-state index in [9.17, 15) is 19.1 Å². The van der Waals surface area contributed by atoms with Gasteiger partial charge in [0.2, 0.25) is 0 Å². The SMILES string of the molecule is Cc1n[nH]c(C)c1C(O)=C1C(=O)C(=O)N(CCCN2CCOCC2)C1c1ccc(F)cc1. The van der Waals surface area contributed by atoms with Crippen molar-refractivity contribution >= 4 is 17.4 Å². The molecule has 1 atom stereocenters. The van der Waals surface area contributed by atoms with Crippen LogP contribution in [0.25, 0.3) is 5.76 Å². The van der Waals surface area contributed by atoms with E-state index in [4.69, 9.17) is 4.74 Å². The molecule has 0 spiro atoms. The van der Waals surface area contributed by atoms with Gasteiger partial charge in [0.15, 0.2) is 0 Å². The summed E-state index contributed by atoms with van der Waals surface area (Å²) in [5.74, 6) is -2.10. The predicted octanol–water partition coefficient (Wildman–Crippen LogP) is 2.31. The first kappa shape index (κ1) is 22.2.